The highest BCUT2D eigenvalue weighted by atomic mass is 32.1. The highest BCUT2D eigenvalue weighted by Gasteiger charge is 2.38. The zero-order chi connectivity index (χ0) is 20.4. The maximum Gasteiger partial charge on any atom is 0.281 e. The number of thiazole rings is 1. The van der Waals surface area contributed by atoms with Gasteiger partial charge in [-0.25, -0.2) is 4.98 Å². The molecule has 0 radical (unpaired) electrons. The lowest BCUT2D eigenvalue weighted by molar-refractivity contribution is -0.130. The third-order valence-corrected chi connectivity index (χ3v) is 6.82. The van der Waals surface area contributed by atoms with Gasteiger partial charge in [-0.1, -0.05) is 43.2 Å². The van der Waals surface area contributed by atoms with Crippen molar-refractivity contribution in [3.05, 3.63) is 40.9 Å². The number of hydrogen-bond donors (Lipinski definition) is 2. The van der Waals surface area contributed by atoms with Crippen LogP contribution in [0.25, 0.3) is 10.6 Å². The van der Waals surface area contributed by atoms with Gasteiger partial charge >= 0.3 is 0 Å². The summed E-state index contributed by atoms with van der Waals surface area (Å²) < 4.78 is 0. The van der Waals surface area contributed by atoms with Crippen molar-refractivity contribution in [2.45, 2.75) is 45.1 Å². The summed E-state index contributed by atoms with van der Waals surface area (Å²) in [5.41, 5.74) is 6.53. The van der Waals surface area contributed by atoms with Crippen LogP contribution in [0.5, 0.6) is 0 Å². The van der Waals surface area contributed by atoms with Gasteiger partial charge in [-0.05, 0) is 19.8 Å². The molecule has 0 spiro atoms. The monoisotopic (exact) mass is 412 g/mol. The maximum atomic E-state index is 12.5. The van der Waals surface area contributed by atoms with Gasteiger partial charge in [-0.3, -0.25) is 25.2 Å². The van der Waals surface area contributed by atoms with Crippen molar-refractivity contribution in [2.75, 3.05) is 6.54 Å². The first-order chi connectivity index (χ1) is 14.0. The summed E-state index contributed by atoms with van der Waals surface area (Å²) in [6, 6.07) is 9.91. The number of nitrogens with zero attached hydrogens (tertiary/aromatic N) is 2. The maximum absolute atomic E-state index is 12.5. The Morgan fingerprint density at radius 2 is 1.86 bits per heavy atom. The van der Waals surface area contributed by atoms with Gasteiger partial charge in [0.2, 0.25) is 11.8 Å². The number of likely N-dealkylation sites (tertiary alicyclic amines) is 1. The summed E-state index contributed by atoms with van der Waals surface area (Å²) in [4.78, 5) is 44.1. The number of amides is 3. The third-order valence-electron chi connectivity index (χ3n) is 5.62. The lowest BCUT2D eigenvalue weighted by Crippen LogP contribution is -2.45. The van der Waals surface area contributed by atoms with Gasteiger partial charge in [0.25, 0.3) is 5.91 Å². The van der Waals surface area contributed by atoms with Crippen molar-refractivity contribution in [2.24, 2.45) is 5.92 Å². The van der Waals surface area contributed by atoms with Crippen LogP contribution in [-0.4, -0.2) is 40.2 Å². The number of aryl methyl sites for hydroxylation is 1. The number of benzene rings is 1. The topological polar surface area (TPSA) is 91.4 Å². The van der Waals surface area contributed by atoms with Crippen LogP contribution in [0, 0.1) is 12.8 Å². The molecule has 1 saturated heterocycles. The van der Waals surface area contributed by atoms with Crippen molar-refractivity contribution in [1.29, 1.82) is 0 Å². The fraction of sp³-hybridized carbons (Fsp3) is 0.429. The predicted molar refractivity (Wildman–Crippen MR) is 110 cm³/mol. The fourth-order valence-corrected chi connectivity index (χ4v) is 5.03. The van der Waals surface area contributed by atoms with Crippen LogP contribution >= 0.6 is 11.3 Å². The molecule has 2 heterocycles. The smallest absolute Gasteiger partial charge is 0.281 e. The Kier molecular flexibility index (Phi) is 5.62. The molecule has 8 heteroatoms. The largest absolute Gasteiger partial charge is 0.339 e. The van der Waals surface area contributed by atoms with Crippen LogP contribution in [0.1, 0.15) is 47.5 Å². The lowest BCUT2D eigenvalue weighted by Gasteiger charge is -2.23. The Balaban J connectivity index is 1.34. The van der Waals surface area contributed by atoms with E-state index in [4.69, 9.17) is 0 Å². The first-order valence-corrected chi connectivity index (χ1v) is 10.8. The van der Waals surface area contributed by atoms with E-state index in [9.17, 15) is 14.4 Å². The number of nitrogens with one attached hydrogen (secondary N) is 2. The average Bonchev–Trinajstić information content (AvgIpc) is 3.46. The Labute approximate surface area is 173 Å². The fourth-order valence-electron chi connectivity index (χ4n) is 4.06. The van der Waals surface area contributed by atoms with E-state index in [0.717, 1.165) is 36.3 Å². The van der Waals surface area contributed by atoms with Gasteiger partial charge in [0.1, 0.15) is 9.88 Å². The molecular weight excluding hydrogens is 388 g/mol. The van der Waals surface area contributed by atoms with E-state index in [1.807, 2.05) is 35.2 Å². The minimum atomic E-state index is -0.425. The Morgan fingerprint density at radius 3 is 2.59 bits per heavy atom. The van der Waals surface area contributed by atoms with E-state index in [-0.39, 0.29) is 24.3 Å². The van der Waals surface area contributed by atoms with E-state index in [1.54, 1.807) is 6.92 Å². The lowest BCUT2D eigenvalue weighted by atomic mass is 10.1. The second-order valence-electron chi connectivity index (χ2n) is 7.63. The van der Waals surface area contributed by atoms with E-state index in [0.29, 0.717) is 17.1 Å². The number of aromatic nitrogens is 1. The quantitative estimate of drug-likeness (QED) is 0.756. The van der Waals surface area contributed by atoms with Crippen LogP contribution in [0.3, 0.4) is 0 Å². The van der Waals surface area contributed by atoms with E-state index in [1.165, 1.54) is 11.3 Å². The Bertz CT molecular complexity index is 921. The van der Waals surface area contributed by atoms with Gasteiger partial charge < -0.3 is 4.90 Å². The molecule has 2 aromatic rings. The molecule has 4 rings (SSSR count). The molecule has 1 aromatic heterocycles. The highest BCUT2D eigenvalue weighted by Crippen LogP contribution is 2.30. The molecule has 1 saturated carbocycles. The van der Waals surface area contributed by atoms with Gasteiger partial charge in [-0.2, -0.15) is 0 Å². The first-order valence-electron chi connectivity index (χ1n) is 9.95. The molecule has 1 aliphatic carbocycles. The molecule has 1 unspecified atom stereocenters. The molecule has 0 bridgehead atoms. The molecular formula is C21H24N4O3S. The summed E-state index contributed by atoms with van der Waals surface area (Å²) in [6.07, 6.45) is 4.52. The van der Waals surface area contributed by atoms with Crippen molar-refractivity contribution in [3.8, 4) is 10.6 Å². The summed E-state index contributed by atoms with van der Waals surface area (Å²) in [7, 11) is 0. The normalized spacial score (nSPS) is 19.6. The zero-order valence-corrected chi connectivity index (χ0v) is 17.1. The van der Waals surface area contributed by atoms with E-state index < -0.39 is 11.8 Å². The highest BCUT2D eigenvalue weighted by molar-refractivity contribution is 7.17. The minimum absolute atomic E-state index is 0.0363. The van der Waals surface area contributed by atoms with Crippen LogP contribution in [0.15, 0.2) is 30.3 Å². The van der Waals surface area contributed by atoms with Crippen LogP contribution in [-0.2, 0) is 9.59 Å². The molecule has 29 heavy (non-hydrogen) atoms. The molecule has 1 aromatic carbocycles. The van der Waals surface area contributed by atoms with Crippen molar-refractivity contribution >= 4 is 29.1 Å². The second kappa shape index (κ2) is 8.32. The summed E-state index contributed by atoms with van der Waals surface area (Å²) >= 11 is 1.29. The number of carbonyl (C=O) groups is 3. The van der Waals surface area contributed by atoms with Gasteiger partial charge in [0.05, 0.1) is 11.6 Å². The van der Waals surface area contributed by atoms with Crippen molar-refractivity contribution in [1.82, 2.24) is 20.7 Å². The average molecular weight is 413 g/mol. The predicted octanol–water partition coefficient (Wildman–Crippen LogP) is 2.67. The molecule has 2 fully saturated rings. The standard InChI is InChI=1S/C21H24N4O3S/c1-13-18(29-21(22-13)14-7-3-2-4-8-14)20(28)24-23-19(27)15-11-17(26)25(12-15)16-9-5-6-10-16/h2-4,7-8,15-16H,5-6,9-12H2,1H3,(H,23,27)(H,24,28). The minimum Gasteiger partial charge on any atom is -0.339 e. The summed E-state index contributed by atoms with van der Waals surface area (Å²) in [6.45, 7) is 2.21. The van der Waals surface area contributed by atoms with Gasteiger partial charge in [0.15, 0.2) is 0 Å². The second-order valence-corrected chi connectivity index (χ2v) is 8.63. The van der Waals surface area contributed by atoms with Gasteiger partial charge in [0, 0.05) is 24.6 Å². The SMILES string of the molecule is Cc1nc(-c2ccccc2)sc1C(=O)NNC(=O)C1CC(=O)N(C2CCCC2)C1. The van der Waals surface area contributed by atoms with Crippen LogP contribution < -0.4 is 10.9 Å². The molecule has 7 nitrogen and oxygen atoms in total. The van der Waals surface area contributed by atoms with Gasteiger partial charge in [-0.15, -0.1) is 11.3 Å². The molecule has 3 amide bonds. The molecule has 1 aliphatic heterocycles. The molecule has 1 atom stereocenters. The Hall–Kier alpha value is -2.74. The number of carbonyl (C=O) groups excluding carboxylic acids is 3. The summed E-state index contributed by atoms with van der Waals surface area (Å²) in [5.74, 6) is -1.11. The van der Waals surface area contributed by atoms with Crippen molar-refractivity contribution in [3.63, 3.8) is 0 Å². The zero-order valence-electron chi connectivity index (χ0n) is 16.3. The third kappa shape index (κ3) is 4.17. The number of rotatable bonds is 4. The molecule has 2 aliphatic rings. The Morgan fingerprint density at radius 1 is 1.14 bits per heavy atom. The molecule has 152 valence electrons. The van der Waals surface area contributed by atoms with Crippen molar-refractivity contribution < 1.29 is 14.4 Å². The van der Waals surface area contributed by atoms with E-state index in [2.05, 4.69) is 15.8 Å². The number of hydrazine groups is 1. The van der Waals surface area contributed by atoms with E-state index >= 15 is 0 Å². The summed E-state index contributed by atoms with van der Waals surface area (Å²) in [5, 5.41) is 0.758. The molecule has 2 N–H and O–H groups in total. The van der Waals surface area contributed by atoms with Crippen LogP contribution in [0.4, 0.5) is 0 Å². The number of hydrogen-bond acceptors (Lipinski definition) is 5. The first kappa shape index (κ1) is 19.6. The van der Waals surface area contributed by atoms with Crippen LogP contribution in [0.2, 0.25) is 0 Å².